The smallest absolute Gasteiger partial charge is 0.322 e. The van der Waals surface area contributed by atoms with Gasteiger partial charge in [-0.2, -0.15) is 13.2 Å². The number of carbonyl (C=O) groups is 1. The predicted octanol–water partition coefficient (Wildman–Crippen LogP) is 5.72. The first-order chi connectivity index (χ1) is 14.2. The Labute approximate surface area is 170 Å². The highest BCUT2D eigenvalue weighted by Crippen LogP contribution is 2.35. The molecule has 0 saturated carbocycles. The zero-order valence-electron chi connectivity index (χ0n) is 15.6. The number of nitrogens with zero attached hydrogens (tertiary/aromatic N) is 1. The van der Waals surface area contributed by atoms with Crippen molar-refractivity contribution in [1.29, 1.82) is 0 Å². The maximum absolute atomic E-state index is 12.8. The third-order valence-electron chi connectivity index (χ3n) is 4.57. The van der Waals surface area contributed by atoms with Gasteiger partial charge in [-0.25, -0.2) is 0 Å². The van der Waals surface area contributed by atoms with E-state index >= 15 is 0 Å². The molecule has 0 bridgehead atoms. The average molecular weight is 414 g/mol. The third kappa shape index (κ3) is 5.22. The zero-order valence-corrected chi connectivity index (χ0v) is 15.6. The Bertz CT molecular complexity index is 1060. The first-order valence-corrected chi connectivity index (χ1v) is 9.01. The van der Waals surface area contributed by atoms with Gasteiger partial charge in [0.25, 0.3) is 5.91 Å². The molecule has 1 unspecified atom stereocenters. The fourth-order valence-corrected chi connectivity index (χ4v) is 3.15. The number of rotatable bonds is 5. The molecule has 154 valence electrons. The van der Waals surface area contributed by atoms with Crippen molar-refractivity contribution in [2.75, 3.05) is 5.32 Å². The van der Waals surface area contributed by atoms with Gasteiger partial charge in [0, 0.05) is 23.2 Å². The lowest BCUT2D eigenvalue weighted by Gasteiger charge is -2.20. The van der Waals surface area contributed by atoms with Crippen molar-refractivity contribution >= 4 is 17.7 Å². The number of alkyl halides is 3. The molecule has 5 nitrogen and oxygen atoms in total. The van der Waals surface area contributed by atoms with Crippen LogP contribution in [0.5, 0.6) is 0 Å². The van der Waals surface area contributed by atoms with Crippen LogP contribution in [-0.4, -0.2) is 17.0 Å². The summed E-state index contributed by atoms with van der Waals surface area (Å²) in [4.78, 5) is 22.7. The van der Waals surface area contributed by atoms with Gasteiger partial charge < -0.3 is 5.32 Å². The molecular formula is C22H17F3N2O3. The monoisotopic (exact) mass is 414 g/mol. The second kappa shape index (κ2) is 8.77. The van der Waals surface area contributed by atoms with Gasteiger partial charge in [0.15, 0.2) is 0 Å². The fourth-order valence-electron chi connectivity index (χ4n) is 3.15. The van der Waals surface area contributed by atoms with E-state index in [0.717, 1.165) is 18.4 Å². The third-order valence-corrected chi connectivity index (χ3v) is 4.57. The van der Waals surface area contributed by atoms with E-state index in [0.29, 0.717) is 22.4 Å². The first-order valence-electron chi connectivity index (χ1n) is 9.01. The fraction of sp³-hybridized carbons (Fsp3) is 0.136. The number of halogens is 3. The van der Waals surface area contributed by atoms with E-state index in [4.69, 9.17) is 0 Å². The van der Waals surface area contributed by atoms with Gasteiger partial charge >= 0.3 is 6.18 Å². The number of carbonyl (C=O) groups excluding carboxylic acids is 1. The molecule has 0 saturated heterocycles. The van der Waals surface area contributed by atoms with Crippen molar-refractivity contribution < 1.29 is 22.9 Å². The highest BCUT2D eigenvalue weighted by molar-refractivity contribution is 6.05. The van der Waals surface area contributed by atoms with E-state index in [1.54, 1.807) is 48.5 Å². The number of nitro groups is 1. The molecule has 1 aliphatic rings. The second-order valence-electron chi connectivity index (χ2n) is 6.63. The van der Waals surface area contributed by atoms with Gasteiger partial charge in [-0.3, -0.25) is 14.9 Å². The highest BCUT2D eigenvalue weighted by atomic mass is 19.4. The van der Waals surface area contributed by atoms with Gasteiger partial charge in [-0.05, 0) is 35.7 Å². The molecule has 8 heteroatoms. The molecule has 1 amide bonds. The number of allylic oxidation sites excluding steroid dienone is 4. The van der Waals surface area contributed by atoms with Crippen molar-refractivity contribution in [1.82, 2.24) is 0 Å². The van der Waals surface area contributed by atoms with Gasteiger partial charge in [-0.1, -0.05) is 48.6 Å². The van der Waals surface area contributed by atoms with Gasteiger partial charge in [0.2, 0.25) is 6.20 Å². The Morgan fingerprint density at radius 2 is 1.93 bits per heavy atom. The molecule has 0 heterocycles. The van der Waals surface area contributed by atoms with E-state index in [-0.39, 0.29) is 12.3 Å². The number of benzene rings is 2. The summed E-state index contributed by atoms with van der Waals surface area (Å²) in [6, 6.07) is 13.3. The largest absolute Gasteiger partial charge is 0.416 e. The Balaban J connectivity index is 1.79. The normalized spacial score (nSPS) is 16.4. The van der Waals surface area contributed by atoms with Gasteiger partial charge in [0.1, 0.15) is 0 Å². The molecule has 1 aliphatic carbocycles. The van der Waals surface area contributed by atoms with Crippen LogP contribution in [0.15, 0.2) is 78.5 Å². The van der Waals surface area contributed by atoms with E-state index in [1.807, 2.05) is 0 Å². The number of hydrogen-bond donors (Lipinski definition) is 1. The van der Waals surface area contributed by atoms with Crippen LogP contribution >= 0.6 is 0 Å². The number of amides is 1. The molecule has 2 aromatic rings. The maximum Gasteiger partial charge on any atom is 0.416 e. The van der Waals surface area contributed by atoms with Crippen molar-refractivity contribution in [3.05, 3.63) is 105 Å². The lowest BCUT2D eigenvalue weighted by atomic mass is 9.87. The van der Waals surface area contributed by atoms with E-state index in [9.17, 15) is 28.1 Å². The number of hydrogen-bond acceptors (Lipinski definition) is 3. The summed E-state index contributed by atoms with van der Waals surface area (Å²) in [5.41, 5.74) is 1.26. The molecule has 3 rings (SSSR count). The Morgan fingerprint density at radius 1 is 1.17 bits per heavy atom. The standard InChI is InChI=1S/C22H17F3N2O3/c23-22(24,25)17-10-8-16(9-11-17)19-6-1-2-7-20(19)21(28)26-18-5-3-4-15(14-18)12-13-27(29)30/h1-8,10-14,16H,9H2,(H,26,28)/b13-12+. The molecule has 0 radical (unpaired) electrons. The van der Waals surface area contributed by atoms with Crippen LogP contribution in [0.3, 0.4) is 0 Å². The molecular weight excluding hydrogens is 397 g/mol. The molecule has 1 N–H and O–H groups in total. The van der Waals surface area contributed by atoms with Gasteiger partial charge in [-0.15, -0.1) is 0 Å². The van der Waals surface area contributed by atoms with E-state index in [2.05, 4.69) is 5.32 Å². The van der Waals surface area contributed by atoms with Crippen molar-refractivity contribution in [2.45, 2.75) is 18.5 Å². The van der Waals surface area contributed by atoms with Crippen molar-refractivity contribution in [2.24, 2.45) is 0 Å². The summed E-state index contributed by atoms with van der Waals surface area (Å²) >= 11 is 0. The Hall–Kier alpha value is -3.68. The van der Waals surface area contributed by atoms with Crippen LogP contribution in [0.1, 0.15) is 33.8 Å². The van der Waals surface area contributed by atoms with E-state index in [1.165, 1.54) is 12.2 Å². The van der Waals surface area contributed by atoms with Crippen LogP contribution in [0, 0.1) is 10.1 Å². The average Bonchev–Trinajstić information content (AvgIpc) is 2.72. The zero-order chi connectivity index (χ0) is 21.7. The quantitative estimate of drug-likeness (QED) is 0.503. The van der Waals surface area contributed by atoms with Crippen LogP contribution < -0.4 is 5.32 Å². The summed E-state index contributed by atoms with van der Waals surface area (Å²) in [6.45, 7) is 0. The minimum absolute atomic E-state index is 0.136. The predicted molar refractivity (Wildman–Crippen MR) is 108 cm³/mol. The molecule has 30 heavy (non-hydrogen) atoms. The summed E-state index contributed by atoms with van der Waals surface area (Å²) in [5.74, 6) is -0.771. The van der Waals surface area contributed by atoms with Gasteiger partial charge in [0.05, 0.1) is 10.5 Å². The molecule has 0 aromatic heterocycles. The first kappa shape index (κ1) is 21.0. The number of nitrogens with one attached hydrogen (secondary N) is 1. The molecule has 0 spiro atoms. The van der Waals surface area contributed by atoms with Crippen LogP contribution in [0.4, 0.5) is 18.9 Å². The lowest BCUT2D eigenvalue weighted by molar-refractivity contribution is -0.400. The maximum atomic E-state index is 12.8. The van der Waals surface area contributed by atoms with Crippen molar-refractivity contribution in [3.8, 4) is 0 Å². The second-order valence-corrected chi connectivity index (χ2v) is 6.63. The Morgan fingerprint density at radius 3 is 2.60 bits per heavy atom. The van der Waals surface area contributed by atoms with Crippen LogP contribution in [0.2, 0.25) is 0 Å². The minimum atomic E-state index is -4.40. The molecule has 1 atom stereocenters. The van der Waals surface area contributed by atoms with Crippen LogP contribution in [-0.2, 0) is 0 Å². The van der Waals surface area contributed by atoms with Crippen LogP contribution in [0.25, 0.3) is 6.08 Å². The lowest BCUT2D eigenvalue weighted by Crippen LogP contribution is -2.17. The summed E-state index contributed by atoms with van der Waals surface area (Å²) < 4.78 is 38.5. The summed E-state index contributed by atoms with van der Waals surface area (Å²) in [7, 11) is 0. The molecule has 0 aliphatic heterocycles. The number of anilines is 1. The summed E-state index contributed by atoms with van der Waals surface area (Å²) in [5, 5.41) is 13.2. The topological polar surface area (TPSA) is 72.2 Å². The SMILES string of the molecule is O=C(Nc1cccc(/C=C/[N+](=O)[O-])c1)c1ccccc1C1C=CC(C(F)(F)F)=CC1. The van der Waals surface area contributed by atoms with E-state index < -0.39 is 22.6 Å². The summed E-state index contributed by atoms with van der Waals surface area (Å²) in [6.07, 6.45) is 1.47. The highest BCUT2D eigenvalue weighted by Gasteiger charge is 2.33. The minimum Gasteiger partial charge on any atom is -0.322 e. The Kier molecular flexibility index (Phi) is 6.15. The molecule has 0 fully saturated rings. The van der Waals surface area contributed by atoms with Crippen molar-refractivity contribution in [3.63, 3.8) is 0 Å². The molecule has 2 aromatic carbocycles.